The minimum atomic E-state index is -0.394. The molecule has 0 aliphatic carbocycles. The van der Waals surface area contributed by atoms with Crippen molar-refractivity contribution >= 4 is 0 Å². The molecule has 0 aromatic heterocycles. The molecule has 0 aromatic carbocycles. The molecule has 0 amide bonds. The third-order valence-corrected chi connectivity index (χ3v) is 1.53. The van der Waals surface area contributed by atoms with E-state index in [0.29, 0.717) is 0 Å². The quantitative estimate of drug-likeness (QED) is 0.479. The Hall–Kier alpha value is -0.540. The van der Waals surface area contributed by atoms with Gasteiger partial charge in [-0.15, -0.1) is 0 Å². The number of rotatable bonds is 0. The molecule has 2 unspecified atom stereocenters. The van der Waals surface area contributed by atoms with Crippen molar-refractivity contribution in [2.45, 2.75) is 25.1 Å². The monoisotopic (exact) mass is 128 g/mol. The van der Waals surface area contributed by atoms with Crippen molar-refractivity contribution in [3.63, 3.8) is 0 Å². The van der Waals surface area contributed by atoms with Crippen LogP contribution in [0, 0.1) is 0 Å². The van der Waals surface area contributed by atoms with Crippen molar-refractivity contribution in [3.05, 3.63) is 12.3 Å². The van der Waals surface area contributed by atoms with Gasteiger partial charge in [0.25, 0.3) is 0 Å². The molecule has 0 radical (unpaired) electrons. The van der Waals surface area contributed by atoms with E-state index < -0.39 is 5.54 Å². The summed E-state index contributed by atoms with van der Waals surface area (Å²) in [6, 6.07) is 0. The zero-order chi connectivity index (χ0) is 6.91. The molecule has 3 heteroatoms. The molecular weight excluding hydrogens is 116 g/mol. The maximum atomic E-state index is 5.72. The first-order chi connectivity index (χ1) is 4.13. The highest BCUT2D eigenvalue weighted by molar-refractivity contribution is 4.97. The fourth-order valence-corrected chi connectivity index (χ4v) is 0.714. The van der Waals surface area contributed by atoms with E-state index in [0.717, 1.165) is 6.42 Å². The summed E-state index contributed by atoms with van der Waals surface area (Å²) >= 11 is 0. The lowest BCUT2D eigenvalue weighted by Crippen LogP contribution is -2.54. The average Bonchev–Trinajstić information content (AvgIpc) is 1.77. The lowest BCUT2D eigenvalue weighted by molar-refractivity contribution is 0.0659. The fraction of sp³-hybridized carbons (Fsp3) is 0.667. The van der Waals surface area contributed by atoms with E-state index in [2.05, 4.69) is 0 Å². The molecule has 3 nitrogen and oxygen atoms in total. The van der Waals surface area contributed by atoms with Crippen LogP contribution in [0.3, 0.4) is 0 Å². The van der Waals surface area contributed by atoms with Crippen LogP contribution >= 0.6 is 0 Å². The van der Waals surface area contributed by atoms with Gasteiger partial charge in [0.05, 0.1) is 11.8 Å². The first-order valence-corrected chi connectivity index (χ1v) is 2.98. The summed E-state index contributed by atoms with van der Waals surface area (Å²) in [5.41, 5.74) is 10.8. The Kier molecular flexibility index (Phi) is 1.47. The molecule has 1 rings (SSSR count). The fourth-order valence-electron chi connectivity index (χ4n) is 0.714. The van der Waals surface area contributed by atoms with Gasteiger partial charge in [0.2, 0.25) is 0 Å². The predicted molar refractivity (Wildman–Crippen MR) is 35.4 cm³/mol. The van der Waals surface area contributed by atoms with E-state index in [9.17, 15) is 0 Å². The van der Waals surface area contributed by atoms with Gasteiger partial charge in [-0.25, -0.2) is 0 Å². The molecule has 0 saturated heterocycles. The van der Waals surface area contributed by atoms with Gasteiger partial charge in [0.15, 0.2) is 6.23 Å². The third kappa shape index (κ3) is 1.23. The van der Waals surface area contributed by atoms with E-state index in [1.54, 1.807) is 6.26 Å². The maximum absolute atomic E-state index is 5.72. The molecule has 1 heterocycles. The number of hydrogen-bond acceptors (Lipinski definition) is 3. The summed E-state index contributed by atoms with van der Waals surface area (Å²) < 4.78 is 4.97. The zero-order valence-electron chi connectivity index (χ0n) is 5.50. The van der Waals surface area contributed by atoms with Gasteiger partial charge < -0.3 is 10.5 Å². The second kappa shape index (κ2) is 2.01. The van der Waals surface area contributed by atoms with Crippen LogP contribution in [0.15, 0.2) is 12.3 Å². The Morgan fingerprint density at radius 2 is 2.44 bits per heavy atom. The topological polar surface area (TPSA) is 61.3 Å². The van der Waals surface area contributed by atoms with E-state index in [4.69, 9.17) is 16.2 Å². The lowest BCUT2D eigenvalue weighted by Gasteiger charge is -2.32. The van der Waals surface area contributed by atoms with Crippen molar-refractivity contribution in [3.8, 4) is 0 Å². The molecule has 2 atom stereocenters. The highest BCUT2D eigenvalue weighted by Gasteiger charge is 2.28. The summed E-state index contributed by atoms with van der Waals surface area (Å²) in [7, 11) is 0. The third-order valence-electron chi connectivity index (χ3n) is 1.53. The Morgan fingerprint density at radius 1 is 1.78 bits per heavy atom. The van der Waals surface area contributed by atoms with Crippen molar-refractivity contribution in [1.29, 1.82) is 0 Å². The second-order valence-electron chi connectivity index (χ2n) is 2.64. The summed E-state index contributed by atoms with van der Waals surface area (Å²) in [5, 5.41) is 0. The van der Waals surface area contributed by atoms with Crippen molar-refractivity contribution in [2.75, 3.05) is 0 Å². The molecule has 0 spiro atoms. The van der Waals surface area contributed by atoms with E-state index in [-0.39, 0.29) is 6.23 Å². The van der Waals surface area contributed by atoms with Crippen LogP contribution in [0.4, 0.5) is 0 Å². The van der Waals surface area contributed by atoms with Gasteiger partial charge in [-0.1, -0.05) is 0 Å². The summed E-state index contributed by atoms with van der Waals surface area (Å²) in [6.45, 7) is 1.88. The van der Waals surface area contributed by atoms with Gasteiger partial charge in [-0.3, -0.25) is 5.73 Å². The molecule has 0 fully saturated rings. The molecule has 9 heavy (non-hydrogen) atoms. The second-order valence-corrected chi connectivity index (χ2v) is 2.64. The van der Waals surface area contributed by atoms with Crippen LogP contribution < -0.4 is 11.5 Å². The van der Waals surface area contributed by atoms with Crippen molar-refractivity contribution in [2.24, 2.45) is 11.5 Å². The number of hydrogen-bond donors (Lipinski definition) is 2. The first-order valence-electron chi connectivity index (χ1n) is 2.98. The van der Waals surface area contributed by atoms with Crippen LogP contribution in [-0.2, 0) is 4.74 Å². The maximum Gasteiger partial charge on any atom is 0.164 e. The first kappa shape index (κ1) is 6.58. The summed E-state index contributed by atoms with van der Waals surface area (Å²) in [5.74, 6) is 0. The average molecular weight is 128 g/mol. The van der Waals surface area contributed by atoms with E-state index in [1.807, 2.05) is 13.0 Å². The van der Waals surface area contributed by atoms with Gasteiger partial charge in [0.1, 0.15) is 0 Å². The highest BCUT2D eigenvalue weighted by atomic mass is 16.5. The van der Waals surface area contributed by atoms with Crippen molar-refractivity contribution in [1.82, 2.24) is 0 Å². The van der Waals surface area contributed by atoms with Crippen LogP contribution in [0.25, 0.3) is 0 Å². The van der Waals surface area contributed by atoms with Gasteiger partial charge >= 0.3 is 0 Å². The minimum Gasteiger partial charge on any atom is -0.482 e. The lowest BCUT2D eigenvalue weighted by atomic mass is 9.96. The van der Waals surface area contributed by atoms with Crippen molar-refractivity contribution < 1.29 is 4.74 Å². The molecule has 52 valence electrons. The standard InChI is InChI=1S/C6H12N2O/c1-6(8)3-2-4-9-5(6)7/h2,4-5H,3,7-8H2,1H3. The van der Waals surface area contributed by atoms with Gasteiger partial charge in [0, 0.05) is 0 Å². The molecule has 0 bridgehead atoms. The Labute approximate surface area is 54.7 Å². The molecular formula is C6H12N2O. The Balaban J connectivity index is 2.64. The molecule has 1 aliphatic rings. The SMILES string of the molecule is CC1(N)CC=COC1N. The smallest absolute Gasteiger partial charge is 0.164 e. The minimum absolute atomic E-state index is 0.359. The predicted octanol–water partition coefficient (Wildman–Crippen LogP) is -0.0774. The number of ether oxygens (including phenoxy) is 1. The number of nitrogens with two attached hydrogens (primary N) is 2. The summed E-state index contributed by atoms with van der Waals surface area (Å²) in [6.07, 6.45) is 3.90. The molecule has 0 saturated carbocycles. The van der Waals surface area contributed by atoms with Crippen LogP contribution in [0.1, 0.15) is 13.3 Å². The summed E-state index contributed by atoms with van der Waals surface area (Å²) in [4.78, 5) is 0. The van der Waals surface area contributed by atoms with Gasteiger partial charge in [-0.05, 0) is 19.4 Å². The molecule has 1 aliphatic heterocycles. The Morgan fingerprint density at radius 3 is 2.78 bits per heavy atom. The molecule has 0 aromatic rings. The van der Waals surface area contributed by atoms with Crippen LogP contribution in [0.5, 0.6) is 0 Å². The van der Waals surface area contributed by atoms with E-state index in [1.165, 1.54) is 0 Å². The largest absolute Gasteiger partial charge is 0.482 e. The highest BCUT2D eigenvalue weighted by Crippen LogP contribution is 2.16. The molecule has 4 N–H and O–H groups in total. The van der Waals surface area contributed by atoms with Crippen LogP contribution in [-0.4, -0.2) is 11.8 Å². The normalized spacial score (nSPS) is 42.3. The zero-order valence-corrected chi connectivity index (χ0v) is 5.50. The Bertz CT molecular complexity index is 131. The van der Waals surface area contributed by atoms with E-state index >= 15 is 0 Å². The van der Waals surface area contributed by atoms with Gasteiger partial charge in [-0.2, -0.15) is 0 Å². The van der Waals surface area contributed by atoms with Crippen LogP contribution in [0.2, 0.25) is 0 Å².